The van der Waals surface area contributed by atoms with Crippen LogP contribution in [-0.2, 0) is 35.1 Å². The van der Waals surface area contributed by atoms with Crippen molar-refractivity contribution in [2.45, 2.75) is 110 Å². The molecule has 1 saturated heterocycles. The lowest BCUT2D eigenvalue weighted by Crippen LogP contribution is -2.60. The molecule has 6 atom stereocenters. The summed E-state index contributed by atoms with van der Waals surface area (Å²) in [7, 11) is 0. The van der Waals surface area contributed by atoms with Crippen LogP contribution in [0.5, 0.6) is 0 Å². The number of carbonyl (C=O) groups excluding carboxylic acids is 5. The van der Waals surface area contributed by atoms with E-state index in [2.05, 4.69) is 16.0 Å². The third kappa shape index (κ3) is 9.27. The summed E-state index contributed by atoms with van der Waals surface area (Å²) in [4.78, 5) is 80.2. The molecule has 0 bridgehead atoms. The highest BCUT2D eigenvalue weighted by molar-refractivity contribution is 6.38. The standard InChI is InChI=1S/C33H48N4O8/c1-7-12-23(26(38)29(40)35-24(31(42)43)17-20-13-9-8-10-14-20)34-28(39)25-22-16-11-15-21(22)18-37(25)30(41)27(33(4,5)6)36-32(44)45-19(2)3/h8-10,13-14,19,21-25,27H,7,11-12,15-18H2,1-6H3,(H,34,39)(H,35,40)(H,36,44)(H,42,43)/t21-,22-,23+,24-,25-,27+/m0/s1. The minimum Gasteiger partial charge on any atom is -0.480 e. The topological polar surface area (TPSA) is 171 Å². The maximum Gasteiger partial charge on any atom is 0.408 e. The first-order chi connectivity index (χ1) is 21.1. The third-order valence-corrected chi connectivity index (χ3v) is 8.48. The molecule has 1 aliphatic heterocycles. The number of Topliss-reactive ketones (excluding diaryl/α,β-unsaturated/α-hetero) is 1. The van der Waals surface area contributed by atoms with E-state index >= 15 is 0 Å². The molecule has 1 saturated carbocycles. The summed E-state index contributed by atoms with van der Waals surface area (Å²) < 4.78 is 5.23. The maximum absolute atomic E-state index is 14.0. The van der Waals surface area contributed by atoms with Crippen molar-refractivity contribution in [1.29, 1.82) is 0 Å². The fourth-order valence-corrected chi connectivity index (χ4v) is 6.30. The Morgan fingerprint density at radius 1 is 0.978 bits per heavy atom. The Labute approximate surface area is 265 Å². The van der Waals surface area contributed by atoms with Crippen LogP contribution in [0.15, 0.2) is 30.3 Å². The van der Waals surface area contributed by atoms with Crippen LogP contribution in [0, 0.1) is 17.3 Å². The molecule has 0 spiro atoms. The molecule has 248 valence electrons. The van der Waals surface area contributed by atoms with Gasteiger partial charge in [0, 0.05) is 13.0 Å². The molecule has 0 radical (unpaired) electrons. The van der Waals surface area contributed by atoms with Gasteiger partial charge in [0.1, 0.15) is 18.1 Å². The third-order valence-electron chi connectivity index (χ3n) is 8.48. The highest BCUT2D eigenvalue weighted by Gasteiger charge is 2.52. The van der Waals surface area contributed by atoms with Crippen LogP contribution >= 0.6 is 0 Å². The van der Waals surface area contributed by atoms with Gasteiger partial charge >= 0.3 is 12.1 Å². The number of ether oxygens (including phenoxy) is 1. The van der Waals surface area contributed by atoms with Crippen molar-refractivity contribution in [3.8, 4) is 0 Å². The number of benzene rings is 1. The Morgan fingerprint density at radius 2 is 1.64 bits per heavy atom. The molecule has 45 heavy (non-hydrogen) atoms. The van der Waals surface area contributed by atoms with E-state index in [1.807, 2.05) is 20.8 Å². The van der Waals surface area contributed by atoms with Gasteiger partial charge < -0.3 is 30.7 Å². The van der Waals surface area contributed by atoms with E-state index < -0.39 is 65.1 Å². The van der Waals surface area contributed by atoms with Gasteiger partial charge in [-0.25, -0.2) is 9.59 Å². The lowest BCUT2D eigenvalue weighted by molar-refractivity contribution is -0.146. The minimum absolute atomic E-state index is 0.0180. The summed E-state index contributed by atoms with van der Waals surface area (Å²) in [5.41, 5.74) is -0.0286. The van der Waals surface area contributed by atoms with Crippen molar-refractivity contribution in [3.63, 3.8) is 0 Å². The number of ketones is 1. The number of rotatable bonds is 13. The van der Waals surface area contributed by atoms with Crippen LogP contribution < -0.4 is 16.0 Å². The summed E-state index contributed by atoms with van der Waals surface area (Å²) >= 11 is 0. The monoisotopic (exact) mass is 628 g/mol. The van der Waals surface area contributed by atoms with Crippen LogP contribution in [0.2, 0.25) is 0 Å². The maximum atomic E-state index is 14.0. The fraction of sp³-hybridized carbons (Fsp3) is 0.636. The molecule has 1 aliphatic carbocycles. The van der Waals surface area contributed by atoms with Gasteiger partial charge in [0.05, 0.1) is 12.1 Å². The summed E-state index contributed by atoms with van der Waals surface area (Å²) in [5.74, 6) is -4.35. The Morgan fingerprint density at radius 3 is 2.22 bits per heavy atom. The zero-order valence-electron chi connectivity index (χ0n) is 27.1. The number of aliphatic carboxylic acids is 1. The molecule has 3 rings (SSSR count). The van der Waals surface area contributed by atoms with Gasteiger partial charge in [0.2, 0.25) is 17.6 Å². The molecular formula is C33H48N4O8. The van der Waals surface area contributed by atoms with Gasteiger partial charge in [-0.15, -0.1) is 0 Å². The predicted molar refractivity (Wildman–Crippen MR) is 166 cm³/mol. The number of hydrogen-bond donors (Lipinski definition) is 4. The molecule has 2 fully saturated rings. The number of alkyl carbamates (subject to hydrolysis) is 1. The van der Waals surface area contributed by atoms with E-state index in [1.165, 1.54) is 4.90 Å². The van der Waals surface area contributed by atoms with Crippen LogP contribution in [0.4, 0.5) is 4.79 Å². The molecule has 1 aromatic carbocycles. The van der Waals surface area contributed by atoms with Crippen molar-refractivity contribution in [2.75, 3.05) is 6.54 Å². The number of amides is 4. The summed E-state index contributed by atoms with van der Waals surface area (Å²) in [6, 6.07) is 4.31. The molecule has 2 aliphatic rings. The number of fused-ring (bicyclic) bond motifs is 1. The summed E-state index contributed by atoms with van der Waals surface area (Å²) in [5, 5.41) is 17.4. The molecule has 12 heteroatoms. The molecule has 12 nitrogen and oxygen atoms in total. The highest BCUT2D eigenvalue weighted by Crippen LogP contribution is 2.43. The van der Waals surface area contributed by atoms with Gasteiger partial charge in [-0.1, -0.05) is 70.9 Å². The van der Waals surface area contributed by atoms with E-state index in [0.29, 0.717) is 18.5 Å². The zero-order valence-corrected chi connectivity index (χ0v) is 27.1. The second-order valence-electron chi connectivity index (χ2n) is 13.5. The van der Waals surface area contributed by atoms with E-state index in [0.717, 1.165) is 19.3 Å². The van der Waals surface area contributed by atoms with Crippen molar-refractivity contribution in [1.82, 2.24) is 20.9 Å². The fourth-order valence-electron chi connectivity index (χ4n) is 6.30. The van der Waals surface area contributed by atoms with Gasteiger partial charge in [-0.05, 0) is 55.9 Å². The average Bonchev–Trinajstić information content (AvgIpc) is 3.55. The Hall–Kier alpha value is -3.96. The zero-order chi connectivity index (χ0) is 33.5. The van der Waals surface area contributed by atoms with Crippen LogP contribution in [0.25, 0.3) is 0 Å². The molecule has 4 amide bonds. The smallest absolute Gasteiger partial charge is 0.408 e. The number of nitrogens with one attached hydrogen (secondary N) is 3. The average molecular weight is 629 g/mol. The first kappa shape index (κ1) is 35.5. The largest absolute Gasteiger partial charge is 0.480 e. The van der Waals surface area contributed by atoms with Gasteiger partial charge in [-0.3, -0.25) is 19.2 Å². The Kier molecular flexibility index (Phi) is 12.1. The van der Waals surface area contributed by atoms with Crippen LogP contribution in [0.3, 0.4) is 0 Å². The first-order valence-corrected chi connectivity index (χ1v) is 15.8. The van der Waals surface area contributed by atoms with Gasteiger partial charge in [0.15, 0.2) is 0 Å². The summed E-state index contributed by atoms with van der Waals surface area (Å²) in [6.07, 6.45) is 1.95. The van der Waals surface area contributed by atoms with Crippen molar-refractivity contribution in [3.05, 3.63) is 35.9 Å². The number of carboxylic acids is 1. The Balaban J connectivity index is 1.79. The molecule has 4 N–H and O–H groups in total. The van der Waals surface area contributed by atoms with E-state index in [4.69, 9.17) is 4.74 Å². The second-order valence-corrected chi connectivity index (χ2v) is 13.5. The normalized spacial score (nSPS) is 21.3. The van der Waals surface area contributed by atoms with E-state index in [1.54, 1.807) is 51.1 Å². The van der Waals surface area contributed by atoms with Crippen molar-refractivity contribution >= 4 is 35.6 Å². The summed E-state index contributed by atoms with van der Waals surface area (Å²) in [6.45, 7) is 11.0. The number of likely N-dealkylation sites (tertiary alicyclic amines) is 1. The minimum atomic E-state index is -1.34. The second kappa shape index (κ2) is 15.4. The van der Waals surface area contributed by atoms with Gasteiger partial charge in [-0.2, -0.15) is 0 Å². The Bertz CT molecular complexity index is 1240. The SMILES string of the molecule is CCC[C@@H](NC(=O)[C@@H]1[C@H]2CCC[C@H]2CN1C(=O)[C@@H](NC(=O)OC(C)C)C(C)(C)C)C(=O)C(=O)N[C@@H](Cc1ccccc1)C(=O)O. The molecule has 1 heterocycles. The number of carboxylic acid groups (broad SMARTS) is 1. The van der Waals surface area contributed by atoms with Crippen LogP contribution in [-0.4, -0.2) is 82.4 Å². The van der Waals surface area contributed by atoms with Crippen LogP contribution in [0.1, 0.15) is 79.2 Å². The van der Waals surface area contributed by atoms with E-state index in [9.17, 15) is 33.9 Å². The molecule has 0 unspecified atom stereocenters. The van der Waals surface area contributed by atoms with Crippen molar-refractivity contribution in [2.24, 2.45) is 17.3 Å². The lowest BCUT2D eigenvalue weighted by Gasteiger charge is -2.36. The van der Waals surface area contributed by atoms with E-state index in [-0.39, 0.29) is 30.8 Å². The quantitative estimate of drug-likeness (QED) is 0.242. The predicted octanol–water partition coefficient (Wildman–Crippen LogP) is 2.83. The lowest BCUT2D eigenvalue weighted by atomic mass is 9.85. The first-order valence-electron chi connectivity index (χ1n) is 15.8. The number of carbonyl (C=O) groups is 6. The van der Waals surface area contributed by atoms with Gasteiger partial charge in [0.25, 0.3) is 5.91 Å². The highest BCUT2D eigenvalue weighted by atomic mass is 16.6. The number of hydrogen-bond acceptors (Lipinski definition) is 7. The number of nitrogens with zero attached hydrogens (tertiary/aromatic N) is 1. The molecular weight excluding hydrogens is 580 g/mol. The molecule has 1 aromatic rings. The molecule has 0 aromatic heterocycles. The van der Waals surface area contributed by atoms with Crippen molar-refractivity contribution < 1.29 is 38.6 Å².